The summed E-state index contributed by atoms with van der Waals surface area (Å²) in [4.78, 5) is 17.1. The Hall–Kier alpha value is -0.870. The van der Waals surface area contributed by atoms with Gasteiger partial charge in [-0.1, -0.05) is 19.3 Å². The van der Waals surface area contributed by atoms with Crippen molar-refractivity contribution in [2.45, 2.75) is 58.4 Å². The number of amides is 1. The van der Waals surface area contributed by atoms with Gasteiger partial charge in [-0.2, -0.15) is 0 Å². The van der Waals surface area contributed by atoms with Gasteiger partial charge in [0.05, 0.1) is 6.04 Å². The molecule has 1 aliphatic carbocycles. The summed E-state index contributed by atoms with van der Waals surface area (Å²) in [6, 6.07) is 4.40. The summed E-state index contributed by atoms with van der Waals surface area (Å²) < 4.78 is 0. The van der Waals surface area contributed by atoms with Crippen molar-refractivity contribution in [3.8, 4) is 0 Å². The lowest BCUT2D eigenvalue weighted by atomic mass is 9.71. The maximum atomic E-state index is 12.7. The van der Waals surface area contributed by atoms with Gasteiger partial charge >= 0.3 is 0 Å². The number of nitrogens with two attached hydrogens (primary N) is 1. The van der Waals surface area contributed by atoms with E-state index in [0.29, 0.717) is 13.0 Å². The van der Waals surface area contributed by atoms with Crippen LogP contribution in [0.1, 0.15) is 61.2 Å². The summed E-state index contributed by atoms with van der Waals surface area (Å²) in [5, 5.41) is 0. The lowest BCUT2D eigenvalue weighted by Gasteiger charge is -2.37. The van der Waals surface area contributed by atoms with E-state index in [0.717, 1.165) is 12.8 Å². The summed E-state index contributed by atoms with van der Waals surface area (Å²) in [5.74, 6) is 0.237. The Bertz CT molecular complexity index is 477. The molecule has 4 heteroatoms. The zero-order valence-corrected chi connectivity index (χ0v) is 14.3. The number of nitrogens with zero attached hydrogens (tertiary/aromatic N) is 1. The van der Waals surface area contributed by atoms with Crippen molar-refractivity contribution in [1.29, 1.82) is 0 Å². The Morgan fingerprint density at radius 2 is 2.05 bits per heavy atom. The quantitative estimate of drug-likeness (QED) is 0.897. The average Bonchev–Trinajstić information content (AvgIpc) is 2.93. The van der Waals surface area contributed by atoms with Crippen LogP contribution in [0, 0.1) is 12.3 Å². The van der Waals surface area contributed by atoms with E-state index in [-0.39, 0.29) is 17.4 Å². The number of hydrogen-bond acceptors (Lipinski definition) is 3. The molecule has 1 unspecified atom stereocenters. The van der Waals surface area contributed by atoms with Crippen LogP contribution in [-0.4, -0.2) is 24.4 Å². The van der Waals surface area contributed by atoms with E-state index in [9.17, 15) is 4.79 Å². The van der Waals surface area contributed by atoms with Crippen LogP contribution in [0.2, 0.25) is 0 Å². The number of carbonyl (C=O) groups excluding carboxylic acids is 1. The Labute approximate surface area is 132 Å². The molecule has 1 atom stereocenters. The number of aryl methyl sites for hydroxylation is 1. The molecular formula is C17H28N2OS. The average molecular weight is 308 g/mol. The van der Waals surface area contributed by atoms with E-state index in [1.54, 1.807) is 11.3 Å². The van der Waals surface area contributed by atoms with Crippen LogP contribution < -0.4 is 5.73 Å². The third-order valence-corrected chi connectivity index (χ3v) is 6.19. The van der Waals surface area contributed by atoms with Gasteiger partial charge in [-0.05, 0) is 50.8 Å². The molecule has 2 N–H and O–H groups in total. The van der Waals surface area contributed by atoms with Crippen molar-refractivity contribution in [2.75, 3.05) is 13.6 Å². The number of thiophene rings is 1. The Kier molecular flexibility index (Phi) is 5.44. The van der Waals surface area contributed by atoms with E-state index < -0.39 is 0 Å². The predicted octanol–water partition coefficient (Wildman–Crippen LogP) is 3.88. The predicted molar refractivity (Wildman–Crippen MR) is 89.4 cm³/mol. The first-order chi connectivity index (χ1) is 9.97. The summed E-state index contributed by atoms with van der Waals surface area (Å²) in [7, 11) is 1.93. The van der Waals surface area contributed by atoms with Crippen LogP contribution in [0.5, 0.6) is 0 Å². The SMILES string of the molecule is Cc1ccc(C(C)N(C)C(=O)CC2(CN)CCCCC2)s1. The first-order valence-corrected chi connectivity index (χ1v) is 8.81. The Morgan fingerprint density at radius 3 is 2.57 bits per heavy atom. The molecule has 3 nitrogen and oxygen atoms in total. The van der Waals surface area contributed by atoms with E-state index in [1.807, 2.05) is 11.9 Å². The summed E-state index contributed by atoms with van der Waals surface area (Å²) in [6.07, 6.45) is 6.54. The van der Waals surface area contributed by atoms with Crippen molar-refractivity contribution in [1.82, 2.24) is 4.90 Å². The molecule has 0 saturated heterocycles. The second-order valence-electron chi connectivity index (χ2n) is 6.57. The third-order valence-electron chi connectivity index (χ3n) is 5.02. The monoisotopic (exact) mass is 308 g/mol. The highest BCUT2D eigenvalue weighted by Crippen LogP contribution is 2.39. The van der Waals surface area contributed by atoms with E-state index in [2.05, 4.69) is 26.0 Å². The van der Waals surface area contributed by atoms with Crippen LogP contribution in [0.4, 0.5) is 0 Å². The molecule has 2 rings (SSSR count). The third kappa shape index (κ3) is 3.86. The smallest absolute Gasteiger partial charge is 0.223 e. The number of rotatable bonds is 5. The van der Waals surface area contributed by atoms with Crippen LogP contribution in [0.25, 0.3) is 0 Å². The standard InChI is InChI=1S/C17H28N2OS/c1-13-7-8-15(21-13)14(2)19(3)16(20)11-17(12-18)9-5-4-6-10-17/h7-8,14H,4-6,9-12,18H2,1-3H3. The van der Waals surface area contributed by atoms with Gasteiger partial charge in [0.2, 0.25) is 5.91 Å². The summed E-state index contributed by atoms with van der Waals surface area (Å²) in [6.45, 7) is 4.85. The highest BCUT2D eigenvalue weighted by molar-refractivity contribution is 7.12. The van der Waals surface area contributed by atoms with Gasteiger partial charge in [0.1, 0.15) is 0 Å². The number of carbonyl (C=O) groups is 1. The molecule has 0 aromatic carbocycles. The normalized spacial score (nSPS) is 19.2. The largest absolute Gasteiger partial charge is 0.338 e. The summed E-state index contributed by atoms with van der Waals surface area (Å²) >= 11 is 1.77. The molecular weight excluding hydrogens is 280 g/mol. The fourth-order valence-corrected chi connectivity index (χ4v) is 4.26. The van der Waals surface area contributed by atoms with E-state index in [4.69, 9.17) is 5.73 Å². The van der Waals surface area contributed by atoms with Crippen molar-refractivity contribution in [3.05, 3.63) is 21.9 Å². The van der Waals surface area contributed by atoms with Crippen molar-refractivity contribution in [2.24, 2.45) is 11.1 Å². The van der Waals surface area contributed by atoms with Crippen LogP contribution in [-0.2, 0) is 4.79 Å². The van der Waals surface area contributed by atoms with Gasteiger partial charge in [-0.15, -0.1) is 11.3 Å². The molecule has 1 amide bonds. The highest BCUT2D eigenvalue weighted by atomic mass is 32.1. The van der Waals surface area contributed by atoms with E-state index >= 15 is 0 Å². The molecule has 1 heterocycles. The van der Waals surface area contributed by atoms with Crippen molar-refractivity contribution >= 4 is 17.2 Å². The van der Waals surface area contributed by atoms with Gasteiger partial charge < -0.3 is 10.6 Å². The first-order valence-electron chi connectivity index (χ1n) is 7.99. The molecule has 1 fully saturated rings. The molecule has 1 saturated carbocycles. The van der Waals surface area contributed by atoms with Crippen LogP contribution >= 0.6 is 11.3 Å². The molecule has 21 heavy (non-hydrogen) atoms. The van der Waals surface area contributed by atoms with Crippen molar-refractivity contribution < 1.29 is 4.79 Å². The molecule has 0 bridgehead atoms. The molecule has 1 aliphatic rings. The topological polar surface area (TPSA) is 46.3 Å². The minimum atomic E-state index is 0.0503. The van der Waals surface area contributed by atoms with Gasteiger partial charge in [-0.3, -0.25) is 4.79 Å². The van der Waals surface area contributed by atoms with Gasteiger partial charge in [0.15, 0.2) is 0 Å². The molecule has 0 radical (unpaired) electrons. The zero-order chi connectivity index (χ0) is 15.5. The van der Waals surface area contributed by atoms with Crippen LogP contribution in [0.15, 0.2) is 12.1 Å². The van der Waals surface area contributed by atoms with Gasteiger partial charge in [0, 0.05) is 23.2 Å². The maximum Gasteiger partial charge on any atom is 0.223 e. The summed E-state index contributed by atoms with van der Waals surface area (Å²) in [5.41, 5.74) is 6.06. The molecule has 0 aliphatic heterocycles. The van der Waals surface area contributed by atoms with Gasteiger partial charge in [0.25, 0.3) is 0 Å². The highest BCUT2D eigenvalue weighted by Gasteiger charge is 2.34. The fraction of sp³-hybridized carbons (Fsp3) is 0.706. The van der Waals surface area contributed by atoms with Gasteiger partial charge in [-0.25, -0.2) is 0 Å². The zero-order valence-electron chi connectivity index (χ0n) is 13.5. The Balaban J connectivity index is 2.01. The van der Waals surface area contributed by atoms with E-state index in [1.165, 1.54) is 29.0 Å². The molecule has 0 spiro atoms. The lowest BCUT2D eigenvalue weighted by molar-refractivity contribution is -0.134. The lowest BCUT2D eigenvalue weighted by Crippen LogP contribution is -2.39. The maximum absolute atomic E-state index is 12.7. The minimum absolute atomic E-state index is 0.0503. The Morgan fingerprint density at radius 1 is 1.38 bits per heavy atom. The molecule has 1 aromatic heterocycles. The van der Waals surface area contributed by atoms with Crippen LogP contribution in [0.3, 0.4) is 0 Å². The van der Waals surface area contributed by atoms with Crippen molar-refractivity contribution in [3.63, 3.8) is 0 Å². The second-order valence-corrected chi connectivity index (χ2v) is 7.89. The second kappa shape index (κ2) is 6.93. The number of hydrogen-bond donors (Lipinski definition) is 1. The molecule has 1 aromatic rings. The fourth-order valence-electron chi connectivity index (χ4n) is 3.29. The minimum Gasteiger partial charge on any atom is -0.338 e. The first kappa shape index (κ1) is 16.5. The molecule has 118 valence electrons.